The Labute approximate surface area is 203 Å². The van der Waals surface area contributed by atoms with Gasteiger partial charge in [-0.25, -0.2) is 0 Å². The first-order chi connectivity index (χ1) is 17.0. The van der Waals surface area contributed by atoms with Gasteiger partial charge in [0.1, 0.15) is 0 Å². The predicted molar refractivity (Wildman–Crippen MR) is 122 cm³/mol. The molecule has 0 spiro atoms. The minimum absolute atomic E-state index is 0.0939. The predicted octanol–water partition coefficient (Wildman–Crippen LogP) is 3.68. The molecule has 6 nitrogen and oxygen atoms in total. The van der Waals surface area contributed by atoms with Crippen LogP contribution < -0.4 is 21.2 Å². The molecule has 3 heterocycles. The van der Waals surface area contributed by atoms with Crippen molar-refractivity contribution in [2.75, 3.05) is 18.4 Å². The summed E-state index contributed by atoms with van der Waals surface area (Å²) in [6.07, 6.45) is -8.87. The van der Waals surface area contributed by atoms with Crippen LogP contribution in [-0.4, -0.2) is 35.4 Å². The molecule has 0 aliphatic carbocycles. The van der Waals surface area contributed by atoms with Crippen molar-refractivity contribution in [1.82, 2.24) is 10.3 Å². The molecule has 0 atom stereocenters. The summed E-state index contributed by atoms with van der Waals surface area (Å²) < 4.78 is 81.0. The molecule has 3 N–H and O–H groups in total. The number of fused-ring (bicyclic) bond motifs is 1. The van der Waals surface area contributed by atoms with Crippen LogP contribution in [-0.2, 0) is 18.8 Å². The maximum absolute atomic E-state index is 13.8. The topological polar surface area (TPSA) is 81.9 Å². The average Bonchev–Trinajstić information content (AvgIpc) is 3.39. The van der Waals surface area contributed by atoms with E-state index < -0.39 is 29.9 Å². The third kappa shape index (κ3) is 4.80. The molecule has 1 fully saturated rings. The Hall–Kier alpha value is -3.45. The highest BCUT2D eigenvalue weighted by Crippen LogP contribution is 2.40. The lowest BCUT2D eigenvalue weighted by atomic mass is 9.94. The van der Waals surface area contributed by atoms with E-state index in [0.717, 1.165) is 17.4 Å². The standard InChI is InChI=1S/C23H17F6N5OS/c24-22(25,26)14-3-1-12(17(7-14)23(27,28)29)6-16(11-2-4-18-13(5-11)8-31-34-18)19-20(35)33-21(36-19)32-15-9-30-10-15/h1-5,7-8,15,30,35H,6,9-10H2,(H,32,33). The Morgan fingerprint density at radius 1 is 1.06 bits per heavy atom. The highest BCUT2D eigenvalue weighted by Gasteiger charge is 2.38. The van der Waals surface area contributed by atoms with Gasteiger partial charge in [-0.3, -0.25) is 0 Å². The van der Waals surface area contributed by atoms with Crippen LogP contribution in [0.25, 0.3) is 5.57 Å². The van der Waals surface area contributed by atoms with E-state index in [-0.39, 0.29) is 34.0 Å². The van der Waals surface area contributed by atoms with Crippen molar-refractivity contribution in [1.29, 1.82) is 0 Å². The van der Waals surface area contributed by atoms with Gasteiger partial charge in [-0.15, -0.1) is 0 Å². The summed E-state index contributed by atoms with van der Waals surface area (Å²) in [4.78, 5) is 4.32. The van der Waals surface area contributed by atoms with E-state index >= 15 is 0 Å². The zero-order chi connectivity index (χ0) is 25.7. The number of benzene rings is 2. The molecular weight excluding hydrogens is 508 g/mol. The number of anilines is 1. The highest BCUT2D eigenvalue weighted by atomic mass is 32.1. The first kappa shape index (κ1) is 24.3. The molecule has 0 unspecified atom stereocenters. The van der Waals surface area contributed by atoms with Crippen LogP contribution in [0.2, 0.25) is 0 Å². The summed E-state index contributed by atoms with van der Waals surface area (Å²) in [6, 6.07) is 6.57. The van der Waals surface area contributed by atoms with Crippen LogP contribution in [0.5, 0.6) is 5.88 Å². The number of aromatic hydroxyl groups is 1. The average molecular weight is 525 g/mol. The number of halogens is 6. The number of rotatable bonds is 5. The lowest BCUT2D eigenvalue weighted by Crippen LogP contribution is -2.51. The molecule has 2 aliphatic heterocycles. The monoisotopic (exact) mass is 525 g/mol. The Morgan fingerprint density at radius 2 is 1.83 bits per heavy atom. The van der Waals surface area contributed by atoms with Crippen LogP contribution in [0, 0.1) is 0 Å². The number of aromatic nitrogens is 1. The van der Waals surface area contributed by atoms with Gasteiger partial charge in [-0.05, 0) is 40.6 Å². The van der Waals surface area contributed by atoms with Gasteiger partial charge in [-0.2, -0.15) is 41.5 Å². The van der Waals surface area contributed by atoms with Gasteiger partial charge >= 0.3 is 12.4 Å². The Kier molecular flexibility index (Phi) is 5.99. The summed E-state index contributed by atoms with van der Waals surface area (Å²) in [5.74, 6) is -0.385. The molecule has 1 aromatic heterocycles. The second kappa shape index (κ2) is 8.89. The quantitative estimate of drug-likeness (QED) is 0.444. The molecular formula is C23H17F6N5OS. The van der Waals surface area contributed by atoms with Crippen LogP contribution in [0.3, 0.4) is 0 Å². The fourth-order valence-corrected chi connectivity index (χ4v) is 4.90. The van der Waals surface area contributed by atoms with E-state index in [1.807, 2.05) is 0 Å². The molecule has 0 bridgehead atoms. The molecule has 0 saturated carbocycles. The van der Waals surface area contributed by atoms with Crippen molar-refractivity contribution >= 4 is 28.3 Å². The molecule has 36 heavy (non-hydrogen) atoms. The second-order valence-corrected chi connectivity index (χ2v) is 9.31. The van der Waals surface area contributed by atoms with E-state index in [1.165, 1.54) is 6.21 Å². The molecule has 13 heteroatoms. The number of alkyl halides is 6. The largest absolute Gasteiger partial charge is 0.492 e. The lowest BCUT2D eigenvalue weighted by molar-refractivity contribution is -0.143. The van der Waals surface area contributed by atoms with E-state index in [0.29, 0.717) is 40.4 Å². The number of hydrogen-bond acceptors (Lipinski definition) is 7. The molecule has 5 rings (SSSR count). The first-order valence-electron chi connectivity index (χ1n) is 10.7. The molecule has 3 aromatic rings. The van der Waals surface area contributed by atoms with Gasteiger partial charge in [0.05, 0.1) is 33.6 Å². The zero-order valence-corrected chi connectivity index (χ0v) is 19.0. The Balaban J connectivity index is 1.66. The van der Waals surface area contributed by atoms with E-state index in [1.54, 1.807) is 18.2 Å². The first-order valence-corrected chi connectivity index (χ1v) is 11.5. The minimum atomic E-state index is -5.02. The summed E-state index contributed by atoms with van der Waals surface area (Å²) in [5.41, 5.74) is -2.25. The van der Waals surface area contributed by atoms with Crippen molar-refractivity contribution < 1.29 is 31.4 Å². The summed E-state index contributed by atoms with van der Waals surface area (Å²) >= 11 is 1.06. The molecule has 188 valence electrons. The third-order valence-corrected chi connectivity index (χ3v) is 6.88. The van der Waals surface area contributed by atoms with Crippen molar-refractivity contribution in [3.63, 3.8) is 0 Å². The fourth-order valence-electron chi connectivity index (χ4n) is 3.90. The molecule has 0 amide bonds. The number of nitrogens with one attached hydrogen (secondary N) is 2. The maximum atomic E-state index is 13.8. The van der Waals surface area contributed by atoms with Crippen LogP contribution >= 0.6 is 11.3 Å². The van der Waals surface area contributed by atoms with Gasteiger partial charge in [0.2, 0.25) is 5.88 Å². The number of nitrogens with zero attached hydrogens (tertiary/aromatic N) is 3. The normalized spacial score (nSPS) is 16.4. The summed E-state index contributed by atoms with van der Waals surface area (Å²) in [7, 11) is 0. The van der Waals surface area contributed by atoms with Crippen molar-refractivity contribution in [2.24, 2.45) is 10.2 Å². The minimum Gasteiger partial charge on any atom is -0.492 e. The van der Waals surface area contributed by atoms with Crippen LogP contribution in [0.1, 0.15) is 27.1 Å². The molecule has 2 aromatic carbocycles. The van der Waals surface area contributed by atoms with Crippen LogP contribution in [0.15, 0.2) is 46.6 Å². The Morgan fingerprint density at radius 3 is 2.50 bits per heavy atom. The van der Waals surface area contributed by atoms with Gasteiger partial charge in [0.25, 0.3) is 0 Å². The molecule has 1 saturated heterocycles. The van der Waals surface area contributed by atoms with Crippen LogP contribution in [0.4, 0.5) is 31.5 Å². The zero-order valence-electron chi connectivity index (χ0n) is 18.2. The highest BCUT2D eigenvalue weighted by molar-refractivity contribution is 7.17. The maximum Gasteiger partial charge on any atom is 0.416 e. The Bertz CT molecular complexity index is 1470. The van der Waals surface area contributed by atoms with E-state index in [9.17, 15) is 31.4 Å². The SMILES string of the molecule is Oc1nc(NC2CNC2)sc1C(Cc1ccc(C(F)(F)F)cc1C(F)(F)F)=c1ccc2c(c1)C=NN=2. The van der Waals surface area contributed by atoms with Gasteiger partial charge in [-0.1, -0.05) is 23.5 Å². The van der Waals surface area contributed by atoms with Crippen molar-refractivity contribution in [3.05, 3.63) is 74.1 Å². The van der Waals surface area contributed by atoms with Crippen molar-refractivity contribution in [3.8, 4) is 5.88 Å². The van der Waals surface area contributed by atoms with E-state index in [4.69, 9.17) is 0 Å². The van der Waals surface area contributed by atoms with Gasteiger partial charge in [0.15, 0.2) is 5.13 Å². The summed E-state index contributed by atoms with van der Waals surface area (Å²) in [5, 5.41) is 26.0. The van der Waals surface area contributed by atoms with E-state index in [2.05, 4.69) is 25.8 Å². The van der Waals surface area contributed by atoms with Crippen molar-refractivity contribution in [2.45, 2.75) is 24.8 Å². The fraction of sp³-hybridized carbons (Fsp3) is 0.261. The van der Waals surface area contributed by atoms with Gasteiger partial charge in [0, 0.05) is 25.1 Å². The second-order valence-electron chi connectivity index (χ2n) is 8.31. The molecule has 2 aliphatic rings. The summed E-state index contributed by atoms with van der Waals surface area (Å²) in [6.45, 7) is 1.39. The smallest absolute Gasteiger partial charge is 0.416 e. The number of thiazole rings is 1. The lowest BCUT2D eigenvalue weighted by Gasteiger charge is -2.27. The van der Waals surface area contributed by atoms with Gasteiger partial charge < -0.3 is 15.7 Å². The third-order valence-electron chi connectivity index (χ3n) is 5.84. The number of hydrogen-bond donors (Lipinski definition) is 3. The molecule has 0 radical (unpaired) electrons.